The number of amides is 1. The molecule has 3 rings (SSSR count). The molecule has 0 spiro atoms. The van der Waals surface area contributed by atoms with Gasteiger partial charge in [0.2, 0.25) is 5.91 Å². The first kappa shape index (κ1) is 16.3. The lowest BCUT2D eigenvalue weighted by atomic mass is 9.92. The van der Waals surface area contributed by atoms with Crippen molar-refractivity contribution in [3.05, 3.63) is 28.2 Å². The van der Waals surface area contributed by atoms with Crippen LogP contribution in [0.15, 0.2) is 27.6 Å². The predicted molar refractivity (Wildman–Crippen MR) is 95.3 cm³/mol. The molecule has 2 fully saturated rings. The van der Waals surface area contributed by atoms with E-state index in [2.05, 4.69) is 45.2 Å². The number of aryl methyl sites for hydroxylation is 1. The van der Waals surface area contributed by atoms with Crippen LogP contribution < -0.4 is 5.32 Å². The highest BCUT2D eigenvalue weighted by Gasteiger charge is 2.31. The van der Waals surface area contributed by atoms with Crippen molar-refractivity contribution < 1.29 is 4.79 Å². The van der Waals surface area contributed by atoms with E-state index in [1.54, 1.807) is 11.8 Å². The highest BCUT2D eigenvalue weighted by atomic mass is 79.9. The van der Waals surface area contributed by atoms with E-state index in [1.165, 1.54) is 10.5 Å². The third-order valence-electron chi connectivity index (χ3n) is 4.86. The van der Waals surface area contributed by atoms with Crippen molar-refractivity contribution in [1.29, 1.82) is 0 Å². The van der Waals surface area contributed by atoms with Crippen LogP contribution in [0.4, 0.5) is 0 Å². The second-order valence-corrected chi connectivity index (χ2v) is 8.27. The molecular formula is C17H23BrN2OS. The van der Waals surface area contributed by atoms with E-state index >= 15 is 0 Å². The van der Waals surface area contributed by atoms with Crippen molar-refractivity contribution in [3.63, 3.8) is 0 Å². The molecule has 2 heterocycles. The van der Waals surface area contributed by atoms with Crippen molar-refractivity contribution in [2.45, 2.75) is 24.7 Å². The van der Waals surface area contributed by atoms with Crippen LogP contribution in [0.25, 0.3) is 0 Å². The van der Waals surface area contributed by atoms with Crippen LogP contribution in [0.1, 0.15) is 18.4 Å². The second kappa shape index (κ2) is 7.37. The van der Waals surface area contributed by atoms with Gasteiger partial charge in [0.1, 0.15) is 0 Å². The summed E-state index contributed by atoms with van der Waals surface area (Å²) in [5.74, 6) is 2.40. The van der Waals surface area contributed by atoms with Gasteiger partial charge in [-0.2, -0.15) is 0 Å². The lowest BCUT2D eigenvalue weighted by Crippen LogP contribution is -2.34. The number of likely N-dealkylation sites (tertiary alicyclic amines) is 1. The quantitative estimate of drug-likeness (QED) is 0.813. The fourth-order valence-electron chi connectivity index (χ4n) is 3.47. The molecular weight excluding hydrogens is 360 g/mol. The average molecular weight is 383 g/mol. The number of rotatable bonds is 3. The first-order valence-electron chi connectivity index (χ1n) is 8.01. The molecule has 5 heteroatoms. The molecule has 22 heavy (non-hydrogen) atoms. The van der Waals surface area contributed by atoms with Gasteiger partial charge in [-0.25, -0.2) is 0 Å². The number of benzene rings is 1. The number of halogens is 1. The molecule has 1 aromatic carbocycles. The van der Waals surface area contributed by atoms with Crippen LogP contribution >= 0.6 is 27.7 Å². The number of nitrogens with one attached hydrogen (secondary N) is 1. The number of thioether (sulfide) groups is 1. The zero-order chi connectivity index (χ0) is 15.5. The Bertz CT molecular complexity index is 537. The fraction of sp³-hybridized carbons (Fsp3) is 0.588. The minimum absolute atomic E-state index is 0.292. The van der Waals surface area contributed by atoms with E-state index in [4.69, 9.17) is 0 Å². The Morgan fingerprint density at radius 1 is 1.32 bits per heavy atom. The Morgan fingerprint density at radius 3 is 2.64 bits per heavy atom. The Labute approximate surface area is 145 Å². The maximum atomic E-state index is 12.5. The first-order chi connectivity index (χ1) is 10.6. The van der Waals surface area contributed by atoms with Gasteiger partial charge in [-0.05, 0) is 68.5 Å². The third kappa shape index (κ3) is 3.87. The molecule has 2 aliphatic rings. The SMILES string of the molecule is Cc1cc(Br)ccc1SCC(=O)N1CC[C@@H]2CNC[C@@H]2CC1. The van der Waals surface area contributed by atoms with Crippen LogP contribution in [-0.2, 0) is 4.79 Å². The minimum Gasteiger partial charge on any atom is -0.342 e. The van der Waals surface area contributed by atoms with Crippen LogP contribution in [0.5, 0.6) is 0 Å². The number of nitrogens with zero attached hydrogens (tertiary/aromatic N) is 1. The van der Waals surface area contributed by atoms with Crippen molar-refractivity contribution in [2.24, 2.45) is 11.8 Å². The molecule has 0 unspecified atom stereocenters. The lowest BCUT2D eigenvalue weighted by molar-refractivity contribution is -0.128. The van der Waals surface area contributed by atoms with Gasteiger partial charge in [0.25, 0.3) is 0 Å². The van der Waals surface area contributed by atoms with Crippen LogP contribution in [0, 0.1) is 18.8 Å². The largest absolute Gasteiger partial charge is 0.342 e. The van der Waals surface area contributed by atoms with Crippen LogP contribution in [0.2, 0.25) is 0 Å². The Hall–Kier alpha value is -0.520. The lowest BCUT2D eigenvalue weighted by Gasteiger charge is -2.21. The van der Waals surface area contributed by atoms with Crippen molar-refractivity contribution in [3.8, 4) is 0 Å². The first-order valence-corrected chi connectivity index (χ1v) is 9.79. The molecule has 1 N–H and O–H groups in total. The highest BCUT2D eigenvalue weighted by molar-refractivity contribution is 9.10. The molecule has 1 amide bonds. The van der Waals surface area contributed by atoms with Gasteiger partial charge >= 0.3 is 0 Å². The Balaban J connectivity index is 1.53. The number of carbonyl (C=O) groups is 1. The summed E-state index contributed by atoms with van der Waals surface area (Å²) in [6.45, 7) is 6.24. The Morgan fingerprint density at radius 2 is 2.00 bits per heavy atom. The molecule has 0 saturated carbocycles. The van der Waals surface area contributed by atoms with Gasteiger partial charge in [-0.1, -0.05) is 15.9 Å². The molecule has 2 saturated heterocycles. The maximum absolute atomic E-state index is 12.5. The van der Waals surface area contributed by atoms with E-state index in [0.29, 0.717) is 11.7 Å². The number of carbonyl (C=O) groups excluding carboxylic acids is 1. The number of fused-ring (bicyclic) bond motifs is 1. The summed E-state index contributed by atoms with van der Waals surface area (Å²) in [6.07, 6.45) is 2.32. The van der Waals surface area contributed by atoms with Gasteiger partial charge in [0, 0.05) is 22.5 Å². The molecule has 0 bridgehead atoms. The zero-order valence-electron chi connectivity index (χ0n) is 13.0. The molecule has 120 valence electrons. The monoisotopic (exact) mass is 382 g/mol. The molecule has 2 atom stereocenters. The second-order valence-electron chi connectivity index (χ2n) is 6.34. The number of hydrogen-bond donors (Lipinski definition) is 1. The highest BCUT2D eigenvalue weighted by Crippen LogP contribution is 2.29. The predicted octanol–water partition coefficient (Wildman–Crippen LogP) is 3.31. The van der Waals surface area contributed by atoms with Crippen molar-refractivity contribution >= 4 is 33.6 Å². The van der Waals surface area contributed by atoms with Gasteiger partial charge in [-0.3, -0.25) is 4.79 Å². The van der Waals surface area contributed by atoms with Gasteiger partial charge in [0.15, 0.2) is 0 Å². The Kier molecular flexibility index (Phi) is 5.47. The summed E-state index contributed by atoms with van der Waals surface area (Å²) in [4.78, 5) is 15.8. The van der Waals surface area contributed by atoms with E-state index in [9.17, 15) is 4.79 Å². The normalized spacial score (nSPS) is 24.9. The average Bonchev–Trinajstić information content (AvgIpc) is 2.85. The van der Waals surface area contributed by atoms with Crippen molar-refractivity contribution in [1.82, 2.24) is 10.2 Å². The van der Waals surface area contributed by atoms with E-state index in [-0.39, 0.29) is 0 Å². The molecule has 2 aliphatic heterocycles. The smallest absolute Gasteiger partial charge is 0.232 e. The molecule has 0 aromatic heterocycles. The van der Waals surface area contributed by atoms with E-state index in [1.807, 2.05) is 6.07 Å². The number of hydrogen-bond acceptors (Lipinski definition) is 3. The summed E-state index contributed by atoms with van der Waals surface area (Å²) in [5.41, 5.74) is 1.23. The third-order valence-corrected chi connectivity index (χ3v) is 6.51. The molecule has 3 nitrogen and oxygen atoms in total. The summed E-state index contributed by atoms with van der Waals surface area (Å²) >= 11 is 5.14. The molecule has 0 aliphatic carbocycles. The van der Waals surface area contributed by atoms with Crippen LogP contribution in [0.3, 0.4) is 0 Å². The van der Waals surface area contributed by atoms with E-state index < -0.39 is 0 Å². The van der Waals surface area contributed by atoms with Gasteiger partial charge in [0.05, 0.1) is 5.75 Å². The standard InChI is InChI=1S/C17H23BrN2OS/c1-12-8-15(18)2-3-16(12)22-11-17(21)20-6-4-13-9-19-10-14(13)5-7-20/h2-3,8,13-14,19H,4-7,9-11H2,1H3/t13-,14+. The van der Waals surface area contributed by atoms with Crippen LogP contribution in [-0.4, -0.2) is 42.7 Å². The zero-order valence-corrected chi connectivity index (χ0v) is 15.4. The van der Waals surface area contributed by atoms with E-state index in [0.717, 1.165) is 55.3 Å². The van der Waals surface area contributed by atoms with Gasteiger partial charge in [-0.15, -0.1) is 11.8 Å². The maximum Gasteiger partial charge on any atom is 0.232 e. The summed E-state index contributed by atoms with van der Waals surface area (Å²) in [7, 11) is 0. The summed E-state index contributed by atoms with van der Waals surface area (Å²) in [5, 5.41) is 3.48. The molecule has 1 aromatic rings. The fourth-order valence-corrected chi connectivity index (χ4v) is 4.86. The minimum atomic E-state index is 0.292. The topological polar surface area (TPSA) is 32.3 Å². The van der Waals surface area contributed by atoms with Gasteiger partial charge < -0.3 is 10.2 Å². The molecule has 0 radical (unpaired) electrons. The van der Waals surface area contributed by atoms with Crippen molar-refractivity contribution in [2.75, 3.05) is 31.9 Å². The summed E-state index contributed by atoms with van der Waals surface area (Å²) in [6, 6.07) is 6.24. The summed E-state index contributed by atoms with van der Waals surface area (Å²) < 4.78 is 1.09.